The van der Waals surface area contributed by atoms with Crippen LogP contribution in [0.15, 0.2) is 0 Å². The van der Waals surface area contributed by atoms with Gasteiger partial charge in [-0.15, -0.1) is 0 Å². The van der Waals surface area contributed by atoms with Gasteiger partial charge in [0.15, 0.2) is 0 Å². The maximum Gasteiger partial charge on any atom is 0.326 e. The molecular formula is C13H23NO4. The van der Waals surface area contributed by atoms with E-state index in [4.69, 9.17) is 9.84 Å². The van der Waals surface area contributed by atoms with Gasteiger partial charge in [-0.25, -0.2) is 4.79 Å². The normalized spacial score (nSPS) is 25.1. The molecular weight excluding hydrogens is 234 g/mol. The maximum atomic E-state index is 11.7. The zero-order valence-corrected chi connectivity index (χ0v) is 11.3. The first kappa shape index (κ1) is 15.0. The summed E-state index contributed by atoms with van der Waals surface area (Å²) in [7, 11) is 0. The first-order valence-electron chi connectivity index (χ1n) is 6.57. The van der Waals surface area contributed by atoms with Crippen molar-refractivity contribution in [2.75, 3.05) is 0 Å². The van der Waals surface area contributed by atoms with Crippen molar-refractivity contribution in [3.05, 3.63) is 0 Å². The van der Waals surface area contributed by atoms with Crippen molar-refractivity contribution < 1.29 is 19.4 Å². The molecule has 0 aromatic carbocycles. The molecule has 0 saturated carbocycles. The number of nitrogens with one attached hydrogen (secondary N) is 1. The topological polar surface area (TPSA) is 75.6 Å². The van der Waals surface area contributed by atoms with Gasteiger partial charge in [0.1, 0.15) is 6.04 Å². The number of hydrogen-bond donors (Lipinski definition) is 2. The molecule has 0 aromatic heterocycles. The molecule has 2 N–H and O–H groups in total. The first-order chi connectivity index (χ1) is 8.40. The Balaban J connectivity index is 2.30. The molecule has 1 fully saturated rings. The third-order valence-electron chi connectivity index (χ3n) is 3.26. The van der Waals surface area contributed by atoms with E-state index in [1.165, 1.54) is 0 Å². The summed E-state index contributed by atoms with van der Waals surface area (Å²) in [6.07, 6.45) is 3.44. The van der Waals surface area contributed by atoms with E-state index in [1.54, 1.807) is 13.8 Å². The van der Waals surface area contributed by atoms with Gasteiger partial charge in [-0.1, -0.05) is 13.8 Å². The van der Waals surface area contributed by atoms with Crippen LogP contribution in [-0.2, 0) is 14.3 Å². The summed E-state index contributed by atoms with van der Waals surface area (Å²) in [5.41, 5.74) is 0. The Morgan fingerprint density at radius 3 is 2.50 bits per heavy atom. The molecule has 0 bridgehead atoms. The highest BCUT2D eigenvalue weighted by molar-refractivity contribution is 5.83. The van der Waals surface area contributed by atoms with Crippen LogP contribution in [-0.4, -0.2) is 35.2 Å². The molecule has 0 radical (unpaired) electrons. The lowest BCUT2D eigenvalue weighted by molar-refractivity contribution is -0.143. The van der Waals surface area contributed by atoms with Gasteiger partial charge in [0.25, 0.3) is 0 Å². The largest absolute Gasteiger partial charge is 0.480 e. The van der Waals surface area contributed by atoms with Gasteiger partial charge in [-0.3, -0.25) is 4.79 Å². The highest BCUT2D eigenvalue weighted by Gasteiger charge is 2.25. The van der Waals surface area contributed by atoms with Gasteiger partial charge in [-0.2, -0.15) is 0 Å². The van der Waals surface area contributed by atoms with Crippen LogP contribution in [0.4, 0.5) is 0 Å². The summed E-state index contributed by atoms with van der Waals surface area (Å²) in [6.45, 7) is 5.58. The Morgan fingerprint density at radius 1 is 1.39 bits per heavy atom. The number of carbonyl (C=O) groups is 2. The lowest BCUT2D eigenvalue weighted by atomic mass is 10.0. The highest BCUT2D eigenvalue weighted by Crippen LogP contribution is 2.22. The molecule has 0 spiro atoms. The number of ether oxygens (including phenoxy) is 1. The molecule has 0 aliphatic carbocycles. The average Bonchev–Trinajstić information content (AvgIpc) is 2.68. The lowest BCUT2D eigenvalue weighted by Gasteiger charge is -2.18. The summed E-state index contributed by atoms with van der Waals surface area (Å²) in [6, 6.07) is -0.805. The van der Waals surface area contributed by atoms with Crippen LogP contribution in [0, 0.1) is 5.92 Å². The van der Waals surface area contributed by atoms with Crippen LogP contribution >= 0.6 is 0 Å². The van der Waals surface area contributed by atoms with Crippen molar-refractivity contribution in [2.45, 2.75) is 64.7 Å². The van der Waals surface area contributed by atoms with Gasteiger partial charge in [0, 0.05) is 6.42 Å². The van der Waals surface area contributed by atoms with E-state index in [1.807, 2.05) is 6.92 Å². The van der Waals surface area contributed by atoms with Gasteiger partial charge in [-0.05, 0) is 32.1 Å². The van der Waals surface area contributed by atoms with E-state index in [0.717, 1.165) is 12.8 Å². The zero-order valence-electron chi connectivity index (χ0n) is 11.3. The van der Waals surface area contributed by atoms with Crippen molar-refractivity contribution in [3.8, 4) is 0 Å². The van der Waals surface area contributed by atoms with Crippen LogP contribution in [0.2, 0.25) is 0 Å². The molecule has 1 aliphatic rings. The summed E-state index contributed by atoms with van der Waals surface area (Å²) in [5.74, 6) is -1.31. The minimum absolute atomic E-state index is 0.116. The molecule has 1 amide bonds. The molecule has 2 unspecified atom stereocenters. The summed E-state index contributed by atoms with van der Waals surface area (Å²) in [5, 5.41) is 11.5. The van der Waals surface area contributed by atoms with Gasteiger partial charge >= 0.3 is 5.97 Å². The predicted octanol–water partition coefficient (Wildman–Crippen LogP) is 1.56. The van der Waals surface area contributed by atoms with Gasteiger partial charge < -0.3 is 15.2 Å². The van der Waals surface area contributed by atoms with E-state index in [2.05, 4.69) is 5.32 Å². The van der Waals surface area contributed by atoms with Crippen molar-refractivity contribution in [1.82, 2.24) is 5.32 Å². The number of hydrogen-bond acceptors (Lipinski definition) is 3. The number of aliphatic carboxylic acids is 1. The molecule has 1 saturated heterocycles. The van der Waals surface area contributed by atoms with Crippen molar-refractivity contribution in [1.29, 1.82) is 0 Å². The fourth-order valence-electron chi connectivity index (χ4n) is 2.15. The average molecular weight is 257 g/mol. The third kappa shape index (κ3) is 4.64. The van der Waals surface area contributed by atoms with E-state index >= 15 is 0 Å². The van der Waals surface area contributed by atoms with Gasteiger partial charge in [0.2, 0.25) is 5.91 Å². The Bertz CT molecular complexity index is 303. The second-order valence-corrected chi connectivity index (χ2v) is 5.31. The smallest absolute Gasteiger partial charge is 0.326 e. The van der Waals surface area contributed by atoms with Crippen LogP contribution < -0.4 is 5.32 Å². The Labute approximate surface area is 108 Å². The summed E-state index contributed by atoms with van der Waals surface area (Å²) in [4.78, 5) is 22.6. The second-order valence-electron chi connectivity index (χ2n) is 5.31. The highest BCUT2D eigenvalue weighted by atomic mass is 16.5. The maximum absolute atomic E-state index is 11.7. The number of carbonyl (C=O) groups excluding carboxylic acids is 1. The molecule has 18 heavy (non-hydrogen) atoms. The van der Waals surface area contributed by atoms with E-state index < -0.39 is 12.0 Å². The van der Waals surface area contributed by atoms with Crippen molar-refractivity contribution >= 4 is 11.9 Å². The van der Waals surface area contributed by atoms with Crippen molar-refractivity contribution in [2.24, 2.45) is 5.92 Å². The number of rotatable bonds is 6. The van der Waals surface area contributed by atoms with Crippen molar-refractivity contribution in [3.63, 3.8) is 0 Å². The quantitative estimate of drug-likeness (QED) is 0.757. The molecule has 104 valence electrons. The van der Waals surface area contributed by atoms with Crippen LogP contribution in [0.1, 0.15) is 46.5 Å². The minimum Gasteiger partial charge on any atom is -0.480 e. The Kier molecular flexibility index (Phi) is 5.59. The standard InChI is InChI=1S/C13H23NO4/c1-8(2)12(13(16)17)14-11(15)7-6-10-5-4-9(3)18-10/h8-10,12H,4-7H2,1-3H3,(H,14,15)(H,16,17)/t9?,10?,12-/m0/s1. The Morgan fingerprint density at radius 2 is 2.06 bits per heavy atom. The lowest BCUT2D eigenvalue weighted by Crippen LogP contribution is -2.44. The summed E-state index contributed by atoms with van der Waals surface area (Å²) >= 11 is 0. The fourth-order valence-corrected chi connectivity index (χ4v) is 2.15. The monoisotopic (exact) mass is 257 g/mol. The second kappa shape index (κ2) is 6.73. The van der Waals surface area contributed by atoms with E-state index in [-0.39, 0.29) is 24.0 Å². The fraction of sp³-hybridized carbons (Fsp3) is 0.846. The predicted molar refractivity (Wildman–Crippen MR) is 67.2 cm³/mol. The SMILES string of the molecule is CC1CCC(CCC(=O)N[C@H](C(=O)O)C(C)C)O1. The molecule has 1 aliphatic heterocycles. The van der Waals surface area contributed by atoms with Crippen LogP contribution in [0.5, 0.6) is 0 Å². The number of amides is 1. The number of carboxylic acid groups (broad SMARTS) is 1. The zero-order chi connectivity index (χ0) is 13.7. The van der Waals surface area contributed by atoms with E-state index in [9.17, 15) is 9.59 Å². The first-order valence-corrected chi connectivity index (χ1v) is 6.57. The molecule has 5 heteroatoms. The molecule has 5 nitrogen and oxygen atoms in total. The summed E-state index contributed by atoms with van der Waals surface area (Å²) < 4.78 is 5.62. The van der Waals surface area contributed by atoms with Crippen LogP contribution in [0.25, 0.3) is 0 Å². The van der Waals surface area contributed by atoms with E-state index in [0.29, 0.717) is 12.8 Å². The Hall–Kier alpha value is -1.10. The molecule has 0 aromatic rings. The number of carboxylic acids is 1. The van der Waals surface area contributed by atoms with Crippen LogP contribution in [0.3, 0.4) is 0 Å². The van der Waals surface area contributed by atoms with Gasteiger partial charge in [0.05, 0.1) is 12.2 Å². The molecule has 1 heterocycles. The minimum atomic E-state index is -0.982. The third-order valence-corrected chi connectivity index (χ3v) is 3.26. The molecule has 1 rings (SSSR count). The molecule has 3 atom stereocenters.